The Bertz CT molecular complexity index is 3070. The van der Waals surface area contributed by atoms with E-state index in [0.717, 1.165) is 28.4 Å². The second-order valence-electron chi connectivity index (χ2n) is 24.1. The Labute approximate surface area is 604 Å². The molecule has 0 saturated carbocycles. The highest BCUT2D eigenvalue weighted by Crippen LogP contribution is 2.22. The Morgan fingerprint density at radius 1 is 0.574 bits per heavy atom. The molecule has 40 heteroatoms. The fourth-order valence-electron chi connectivity index (χ4n) is 10.2. The first-order chi connectivity index (χ1) is 47.8. The number of aromatic hydroxyl groups is 1. The predicted octanol–water partition coefficient (Wildman–Crippen LogP) is -7.22. The number of nitrogens with zero attached hydrogens (tertiary/aromatic N) is 2. The van der Waals surface area contributed by atoms with E-state index in [1.807, 2.05) is 6.92 Å². The van der Waals surface area contributed by atoms with Gasteiger partial charge in [-0.05, 0) is 82.0 Å². The number of carbonyl (C=O) groups is 16. The van der Waals surface area contributed by atoms with Crippen LogP contribution in [0.1, 0.15) is 98.0 Å². The lowest BCUT2D eigenvalue weighted by atomic mass is 9.99. The number of thiol groups is 2. The number of hydrogen-bond acceptors (Lipinski definition) is 24. The summed E-state index contributed by atoms with van der Waals surface area (Å²) in [5, 5.41) is 50.1. The highest BCUT2D eigenvalue weighted by Gasteiger charge is 2.42. The van der Waals surface area contributed by atoms with E-state index in [9.17, 15) is 86.9 Å². The molecule has 0 radical (unpaired) electrons. The number of hydrogen-bond donors (Lipinski definition) is 20. The summed E-state index contributed by atoms with van der Waals surface area (Å²) < 4.78 is 0. The molecule has 0 bridgehead atoms. The molecular formula is C61H98N18O18S4. The van der Waals surface area contributed by atoms with Gasteiger partial charge in [-0.1, -0.05) is 32.4 Å². The average molecular weight is 1500 g/mol. The summed E-state index contributed by atoms with van der Waals surface area (Å²) in [6.07, 6.45) is 1.02. The number of likely N-dealkylation sites (tertiary alicyclic amines) is 2. The van der Waals surface area contributed by atoms with Crippen LogP contribution >= 0.6 is 48.8 Å². The molecule has 16 amide bonds. The molecule has 101 heavy (non-hydrogen) atoms. The van der Waals surface area contributed by atoms with Gasteiger partial charge in [-0.15, -0.1) is 23.5 Å². The van der Waals surface area contributed by atoms with Crippen LogP contribution < -0.4 is 86.7 Å². The van der Waals surface area contributed by atoms with E-state index in [1.54, 1.807) is 6.92 Å². The molecule has 0 spiro atoms. The first-order valence-corrected chi connectivity index (χ1v) is 36.3. The molecular weight excluding hydrogens is 1400 g/mol. The monoisotopic (exact) mass is 1500 g/mol. The lowest BCUT2D eigenvalue weighted by Gasteiger charge is -2.30. The van der Waals surface area contributed by atoms with Gasteiger partial charge >= 0.3 is 0 Å². The van der Waals surface area contributed by atoms with Crippen LogP contribution in [0.4, 0.5) is 0 Å². The highest BCUT2D eigenvalue weighted by atomic mass is 32.2. The molecule has 36 nitrogen and oxygen atoms in total. The summed E-state index contributed by atoms with van der Waals surface area (Å²) in [6, 6.07) is -10.8. The summed E-state index contributed by atoms with van der Waals surface area (Å²) in [6.45, 7) is 5.96. The largest absolute Gasteiger partial charge is 0.508 e. The molecule has 0 aliphatic carbocycles. The van der Waals surface area contributed by atoms with Crippen LogP contribution in [0.25, 0.3) is 0 Å². The predicted molar refractivity (Wildman–Crippen MR) is 378 cm³/mol. The molecule has 3 rings (SSSR count). The molecule has 2 saturated heterocycles. The smallest absolute Gasteiger partial charge is 0.246 e. The van der Waals surface area contributed by atoms with Crippen molar-refractivity contribution in [2.75, 3.05) is 67.6 Å². The Hall–Kier alpha value is -8.18. The number of nitrogens with two attached hydrogens (primary N) is 4. The SMILES string of the molecule is CC[C@H](C)[C@H](N)C(=O)N[C@@H](CS)C(=O)N[C@@H](CSCNC(C)=O)C(=O)N[C@@H](CC(N)=O)C(=O)N1CCC[C@H]1C(=O)N[C@@H](C)C(=O)N[C@@H](CS)C(=O)NCC(=O)N1CCC[C@H]1C(=O)N[C@@H](CCCCN)C(=O)N[C@@H](Cc1ccc(O)cc1)C(=O)N[C@@H](CO)C(=O)N[C@@H](CSCNC(C)=O)C(N)=O. The molecule has 13 atom stereocenters. The third-order valence-corrected chi connectivity index (χ3v) is 18.8. The molecule has 1 aromatic rings. The number of thioether (sulfide) groups is 2. The number of primary amides is 2. The lowest BCUT2D eigenvalue weighted by molar-refractivity contribution is -0.143. The minimum Gasteiger partial charge on any atom is -0.508 e. The quantitative estimate of drug-likeness (QED) is 0.0164. The van der Waals surface area contributed by atoms with Crippen LogP contribution in [0.2, 0.25) is 0 Å². The van der Waals surface area contributed by atoms with Gasteiger partial charge in [0.1, 0.15) is 72.2 Å². The van der Waals surface area contributed by atoms with E-state index in [-0.39, 0.29) is 104 Å². The second-order valence-corrected chi connectivity index (χ2v) is 26.8. The third kappa shape index (κ3) is 29.7. The number of aliphatic hydroxyl groups excluding tert-OH is 1. The van der Waals surface area contributed by atoms with Crippen molar-refractivity contribution in [1.82, 2.24) is 73.6 Å². The highest BCUT2D eigenvalue weighted by molar-refractivity contribution is 7.99. The number of amides is 16. The Morgan fingerprint density at radius 2 is 1.05 bits per heavy atom. The van der Waals surface area contributed by atoms with Crippen LogP contribution in [-0.4, -0.2) is 255 Å². The summed E-state index contributed by atoms with van der Waals surface area (Å²) in [7, 11) is 0. The first-order valence-electron chi connectivity index (χ1n) is 32.7. The number of phenols is 1. The van der Waals surface area contributed by atoms with Crippen LogP contribution in [0.3, 0.4) is 0 Å². The van der Waals surface area contributed by atoms with Gasteiger partial charge in [0.25, 0.3) is 0 Å². The Balaban J connectivity index is 1.71. The van der Waals surface area contributed by atoms with Crippen molar-refractivity contribution in [3.05, 3.63) is 29.8 Å². The zero-order chi connectivity index (χ0) is 75.6. The van der Waals surface area contributed by atoms with Crippen molar-refractivity contribution in [1.29, 1.82) is 0 Å². The molecule has 564 valence electrons. The van der Waals surface area contributed by atoms with Crippen LogP contribution in [0, 0.1) is 5.92 Å². The van der Waals surface area contributed by atoms with Gasteiger partial charge in [0.2, 0.25) is 94.5 Å². The number of rotatable bonds is 44. The second kappa shape index (κ2) is 44.9. The van der Waals surface area contributed by atoms with Crippen LogP contribution in [-0.2, 0) is 83.1 Å². The normalized spacial score (nSPS) is 17.3. The van der Waals surface area contributed by atoms with Gasteiger partial charge in [-0.25, -0.2) is 0 Å². The molecule has 22 N–H and O–H groups in total. The number of aliphatic hydroxyl groups is 1. The van der Waals surface area contributed by atoms with Crippen molar-refractivity contribution in [2.24, 2.45) is 28.9 Å². The van der Waals surface area contributed by atoms with Gasteiger partial charge in [-0.2, -0.15) is 25.3 Å². The van der Waals surface area contributed by atoms with Gasteiger partial charge in [0.05, 0.1) is 37.4 Å². The molecule has 2 fully saturated rings. The van der Waals surface area contributed by atoms with Gasteiger partial charge in [-0.3, -0.25) is 76.7 Å². The summed E-state index contributed by atoms with van der Waals surface area (Å²) in [4.78, 5) is 215. The molecule has 0 aromatic heterocycles. The van der Waals surface area contributed by atoms with Crippen LogP contribution in [0.5, 0.6) is 5.75 Å². The van der Waals surface area contributed by atoms with E-state index in [1.165, 1.54) is 49.9 Å². The zero-order valence-corrected chi connectivity index (χ0v) is 60.4. The van der Waals surface area contributed by atoms with E-state index < -0.39 is 181 Å². The van der Waals surface area contributed by atoms with Gasteiger partial charge < -0.3 is 107 Å². The molecule has 1 aromatic carbocycles. The van der Waals surface area contributed by atoms with Crippen molar-refractivity contribution in [3.8, 4) is 5.75 Å². The van der Waals surface area contributed by atoms with Gasteiger partial charge in [0, 0.05) is 56.4 Å². The maximum Gasteiger partial charge on any atom is 0.246 e. The number of benzene rings is 1. The zero-order valence-electron chi connectivity index (χ0n) is 57.0. The number of carbonyl (C=O) groups excluding carboxylic acids is 16. The third-order valence-electron chi connectivity index (χ3n) is 16.2. The van der Waals surface area contributed by atoms with E-state index in [4.69, 9.17) is 22.9 Å². The summed E-state index contributed by atoms with van der Waals surface area (Å²) in [5.74, 6) is -14.2. The fraction of sp³-hybridized carbons (Fsp3) is 0.639. The van der Waals surface area contributed by atoms with E-state index in [0.29, 0.717) is 31.2 Å². The molecule has 2 aliphatic rings. The standard InChI is InChI=1S/C61H98N18O18S4/c1-6-31(2)49(64)60(96)75-42(26-99)56(92)77-44(28-101-30-68-34(5)82)57(93)72-39(22-47(63)84)61(97)79-20-10-13-46(79)58(94)69-32(3)51(87)74-41(25-98)52(88)66-23-48(85)78-19-9-12-45(78)59(95)70-37(11-7-8-18-62)53(89)71-38(21-35-14-16-36(83)17-15-35)54(90)73-40(24-80)55(91)76-43(50(65)86)27-100-29-67-33(4)81/h14-17,31-32,37-46,49,80,83,98-99H,6-13,18-30,62,64H2,1-5H3,(H2,63,84)(H2,65,86)(H,66,88)(H,67,81)(H,68,82)(H,69,94)(H,70,95)(H,71,89)(H,72,93)(H,73,90)(H,74,87)(H,75,96)(H,76,91)(H,77,92)/t31-,32-,37-,38-,39-,40-,41-,42-,43-,44-,45-,46-,49-/m0/s1. The number of nitrogens with one attached hydrogen (secondary N) is 12. The maximum atomic E-state index is 14.3. The summed E-state index contributed by atoms with van der Waals surface area (Å²) >= 11 is 10.5. The van der Waals surface area contributed by atoms with Crippen molar-refractivity contribution >= 4 is 143 Å². The van der Waals surface area contributed by atoms with E-state index >= 15 is 0 Å². The van der Waals surface area contributed by atoms with Crippen LogP contribution in [0.15, 0.2) is 24.3 Å². The molecule has 2 aliphatic heterocycles. The maximum absolute atomic E-state index is 14.3. The average Bonchev–Trinajstić information content (AvgIpc) is 1.76. The minimum absolute atomic E-state index is 0.00339. The van der Waals surface area contributed by atoms with Crippen molar-refractivity contribution < 1.29 is 86.9 Å². The minimum atomic E-state index is -1.68. The number of unbranched alkanes of at least 4 members (excludes halogenated alkanes) is 1. The Kier molecular flexibility index (Phi) is 38.7. The van der Waals surface area contributed by atoms with Crippen molar-refractivity contribution in [2.45, 2.75) is 171 Å². The first kappa shape index (κ1) is 87.0. The molecule has 2 heterocycles. The van der Waals surface area contributed by atoms with E-state index in [2.05, 4.69) is 89.1 Å². The molecule has 0 unspecified atom stereocenters. The number of phenolic OH excluding ortho intramolecular Hbond substituents is 1. The Morgan fingerprint density at radius 3 is 1.60 bits per heavy atom. The summed E-state index contributed by atoms with van der Waals surface area (Å²) in [5.41, 5.74) is 23.3. The van der Waals surface area contributed by atoms with Crippen molar-refractivity contribution in [3.63, 3.8) is 0 Å². The van der Waals surface area contributed by atoms with Gasteiger partial charge in [0.15, 0.2) is 0 Å². The topological polar surface area (TPSA) is 568 Å². The fourth-order valence-corrected chi connectivity index (χ4v) is 12.5. The lowest BCUT2D eigenvalue weighted by Crippen LogP contribution is -2.61.